The number of ether oxygens (including phenoxy) is 5. The number of anilines is 1. The first-order valence-electron chi connectivity index (χ1n) is 19.8. The highest BCUT2D eigenvalue weighted by Crippen LogP contribution is 2.51. The molecular formula is C46H63N2O6+. The van der Waals surface area contributed by atoms with Crippen LogP contribution in [0.2, 0.25) is 0 Å². The average molecular weight is 740 g/mol. The molecule has 0 aromatic heterocycles. The van der Waals surface area contributed by atoms with E-state index < -0.39 is 0 Å². The second-order valence-electron chi connectivity index (χ2n) is 15.9. The van der Waals surface area contributed by atoms with Gasteiger partial charge in [-0.05, 0) is 84.6 Å². The normalized spacial score (nSPS) is 20.8. The van der Waals surface area contributed by atoms with Gasteiger partial charge in [0.2, 0.25) is 5.69 Å². The Bertz CT molecular complexity index is 1730. The van der Waals surface area contributed by atoms with E-state index in [0.29, 0.717) is 26.2 Å². The van der Waals surface area contributed by atoms with E-state index in [-0.39, 0.29) is 34.8 Å². The average Bonchev–Trinajstić information content (AvgIpc) is 3.84. The summed E-state index contributed by atoms with van der Waals surface area (Å²) in [5.74, 6) is -0.108. The molecule has 0 radical (unpaired) electrons. The van der Waals surface area contributed by atoms with Crippen LogP contribution in [-0.2, 0) is 39.3 Å². The molecule has 1 unspecified atom stereocenters. The van der Waals surface area contributed by atoms with Gasteiger partial charge in [0.15, 0.2) is 24.8 Å². The summed E-state index contributed by atoms with van der Waals surface area (Å²) >= 11 is 0. The van der Waals surface area contributed by atoms with Crippen LogP contribution in [-0.4, -0.2) is 76.0 Å². The van der Waals surface area contributed by atoms with Crippen molar-refractivity contribution < 1.29 is 33.1 Å². The fraction of sp³-hybridized carbons (Fsp3) is 0.522. The maximum absolute atomic E-state index is 12.0. The van der Waals surface area contributed by atoms with Gasteiger partial charge in [-0.15, -0.1) is 0 Å². The van der Waals surface area contributed by atoms with E-state index >= 15 is 0 Å². The van der Waals surface area contributed by atoms with Gasteiger partial charge in [0.05, 0.1) is 30.7 Å². The van der Waals surface area contributed by atoms with Crippen molar-refractivity contribution in [1.82, 2.24) is 0 Å². The molecule has 54 heavy (non-hydrogen) atoms. The summed E-state index contributed by atoms with van der Waals surface area (Å²) in [5.41, 5.74) is 7.14. The first kappa shape index (κ1) is 41.3. The number of fused-ring (bicyclic) bond motifs is 2. The second kappa shape index (κ2) is 18.7. The van der Waals surface area contributed by atoms with E-state index in [0.717, 1.165) is 45.2 Å². The van der Waals surface area contributed by atoms with Crippen LogP contribution in [0, 0.1) is 5.41 Å². The Hall–Kier alpha value is -3.82. The first-order valence-corrected chi connectivity index (χ1v) is 19.8. The molecule has 0 saturated carbocycles. The fourth-order valence-electron chi connectivity index (χ4n) is 8.30. The zero-order chi connectivity index (χ0) is 38.8. The molecule has 0 amide bonds. The number of allylic oxidation sites excluding steroid dienone is 6. The van der Waals surface area contributed by atoms with E-state index in [2.05, 4.69) is 129 Å². The topological polar surface area (TPSA) is 69.5 Å². The second-order valence-corrected chi connectivity index (χ2v) is 15.9. The number of nitrogens with zero attached hydrogens (tertiary/aromatic N) is 2. The minimum Gasteiger partial charge on any atom is -0.466 e. The predicted octanol–water partition coefficient (Wildman–Crippen LogP) is 9.31. The maximum Gasteiger partial charge on any atom is 0.305 e. The van der Waals surface area contributed by atoms with E-state index in [1.165, 1.54) is 33.9 Å². The molecule has 1 atom stereocenters. The molecule has 0 N–H and O–H groups in total. The standard InChI is InChI=1S/C46H63N2O6/c1-9-52-41(49)28-14-11-20-30-46(6)36-23-16-18-25-38(36)47(31-21-19-29-42(50-7)51-8)40(46)27-13-10-12-26-39-45(4,5)35-22-15-17-24-37(35)48(39)34-44(2,3)43-53-32-33-54-43/h10,12-13,15-19,22-27,29,42-43H,9,11,14,20-21,28,30-34H2,1-8H3/q+1/b29-19+. The smallest absolute Gasteiger partial charge is 0.305 e. The first-order chi connectivity index (χ1) is 26.0. The van der Waals surface area contributed by atoms with Gasteiger partial charge in [-0.1, -0.05) is 73.5 Å². The van der Waals surface area contributed by atoms with E-state index in [1.54, 1.807) is 14.2 Å². The number of unbranched alkanes of at least 4 members (excludes halogenated alkanes) is 2. The molecule has 0 aliphatic carbocycles. The molecule has 1 saturated heterocycles. The van der Waals surface area contributed by atoms with Gasteiger partial charge in [0.25, 0.3) is 0 Å². The number of methoxy groups -OCH3 is 2. The molecule has 8 heteroatoms. The number of para-hydroxylation sites is 2. The molecule has 0 bridgehead atoms. The van der Waals surface area contributed by atoms with Crippen LogP contribution >= 0.6 is 0 Å². The third kappa shape index (κ3) is 9.34. The van der Waals surface area contributed by atoms with E-state index in [1.807, 2.05) is 13.0 Å². The Morgan fingerprint density at radius 2 is 1.67 bits per heavy atom. The number of carbonyl (C=O) groups excluding carboxylic acids is 1. The summed E-state index contributed by atoms with van der Waals surface area (Å²) < 4.78 is 30.4. The lowest BCUT2D eigenvalue weighted by Gasteiger charge is -2.30. The highest BCUT2D eigenvalue weighted by atomic mass is 16.7. The summed E-state index contributed by atoms with van der Waals surface area (Å²) in [7, 11) is 3.30. The lowest BCUT2D eigenvalue weighted by atomic mass is 9.77. The quantitative estimate of drug-likeness (QED) is 0.0355. The lowest BCUT2D eigenvalue weighted by Crippen LogP contribution is -2.39. The number of esters is 1. The molecule has 3 aliphatic heterocycles. The number of hydrogen-bond donors (Lipinski definition) is 0. The predicted molar refractivity (Wildman–Crippen MR) is 218 cm³/mol. The molecular weight excluding hydrogens is 677 g/mol. The lowest BCUT2D eigenvalue weighted by molar-refractivity contribution is -0.463. The zero-order valence-electron chi connectivity index (χ0n) is 33.9. The number of carbonyl (C=O) groups is 1. The van der Waals surface area contributed by atoms with Crippen LogP contribution in [0.25, 0.3) is 0 Å². The van der Waals surface area contributed by atoms with Crippen molar-refractivity contribution in [2.75, 3.05) is 52.0 Å². The van der Waals surface area contributed by atoms with Gasteiger partial charge in [-0.25, -0.2) is 0 Å². The van der Waals surface area contributed by atoms with Crippen LogP contribution in [0.3, 0.4) is 0 Å². The van der Waals surface area contributed by atoms with Gasteiger partial charge in [0.1, 0.15) is 0 Å². The van der Waals surface area contributed by atoms with Gasteiger partial charge in [-0.2, -0.15) is 4.58 Å². The molecule has 5 rings (SSSR count). The maximum atomic E-state index is 12.0. The summed E-state index contributed by atoms with van der Waals surface area (Å²) in [5, 5.41) is 0. The summed E-state index contributed by atoms with van der Waals surface area (Å²) in [4.78, 5) is 14.5. The Morgan fingerprint density at radius 1 is 0.963 bits per heavy atom. The minimum absolute atomic E-state index is 0.108. The van der Waals surface area contributed by atoms with Crippen molar-refractivity contribution in [2.24, 2.45) is 5.41 Å². The van der Waals surface area contributed by atoms with Crippen molar-refractivity contribution in [3.8, 4) is 0 Å². The Balaban J connectivity index is 1.43. The molecule has 2 aromatic rings. The van der Waals surface area contributed by atoms with Crippen molar-refractivity contribution in [3.63, 3.8) is 0 Å². The highest BCUT2D eigenvalue weighted by molar-refractivity contribution is 6.03. The highest BCUT2D eigenvalue weighted by Gasteiger charge is 2.48. The third-order valence-corrected chi connectivity index (χ3v) is 11.1. The van der Waals surface area contributed by atoms with Crippen molar-refractivity contribution in [3.05, 3.63) is 108 Å². The molecule has 3 aliphatic rings. The van der Waals surface area contributed by atoms with Crippen LogP contribution in [0.5, 0.6) is 0 Å². The van der Waals surface area contributed by atoms with Crippen LogP contribution in [0.15, 0.2) is 96.8 Å². The summed E-state index contributed by atoms with van der Waals surface area (Å²) in [6.07, 6.45) is 19.7. The van der Waals surface area contributed by atoms with Gasteiger partial charge >= 0.3 is 5.97 Å². The monoisotopic (exact) mass is 739 g/mol. The van der Waals surface area contributed by atoms with Gasteiger partial charge < -0.3 is 28.6 Å². The Morgan fingerprint density at radius 3 is 2.39 bits per heavy atom. The molecule has 2 aromatic carbocycles. The van der Waals surface area contributed by atoms with Crippen LogP contribution in [0.4, 0.5) is 11.4 Å². The Labute approximate surface area is 324 Å². The zero-order valence-corrected chi connectivity index (χ0v) is 33.9. The summed E-state index contributed by atoms with van der Waals surface area (Å²) in [6, 6.07) is 17.5. The molecule has 1 fully saturated rings. The summed E-state index contributed by atoms with van der Waals surface area (Å²) in [6.45, 7) is 16.6. The molecule has 0 spiro atoms. The molecule has 3 heterocycles. The molecule has 8 nitrogen and oxygen atoms in total. The van der Waals surface area contributed by atoms with Crippen molar-refractivity contribution >= 4 is 23.1 Å². The minimum atomic E-state index is -0.359. The van der Waals surface area contributed by atoms with Crippen LogP contribution in [0.1, 0.15) is 91.2 Å². The SMILES string of the molecule is CCOC(=O)CCCCCC1(C)\C(=C/C=C/C=C/C2=[N+](CC(C)(C)C3OCCO3)c3ccccc3C2(C)C)N(CC/C=C/C(OC)OC)c2ccccc21. The van der Waals surface area contributed by atoms with E-state index in [9.17, 15) is 4.79 Å². The van der Waals surface area contributed by atoms with Crippen molar-refractivity contribution in [1.29, 1.82) is 0 Å². The van der Waals surface area contributed by atoms with E-state index in [4.69, 9.17) is 23.7 Å². The third-order valence-electron chi connectivity index (χ3n) is 11.1. The van der Waals surface area contributed by atoms with Gasteiger partial charge in [-0.3, -0.25) is 4.79 Å². The Kier molecular flexibility index (Phi) is 14.3. The molecule has 292 valence electrons. The fourth-order valence-corrected chi connectivity index (χ4v) is 8.30. The number of rotatable bonds is 19. The van der Waals surface area contributed by atoms with Crippen LogP contribution < -0.4 is 4.90 Å². The number of benzene rings is 2. The van der Waals surface area contributed by atoms with Crippen molar-refractivity contribution in [2.45, 2.75) is 103 Å². The largest absolute Gasteiger partial charge is 0.466 e. The number of hydrogen-bond acceptors (Lipinski definition) is 7. The van der Waals surface area contributed by atoms with Gasteiger partial charge in [0, 0.05) is 61.7 Å².